The number of ether oxygens (including phenoxy) is 1. The standard InChI is InChI=1S/C32H33ClFN7O3/c1-18-14-39(2)15-20(18)17-44-32-37-29-25(30(38-32)40-9-10-41(31(36)43)21(16-40)7-8-35)13-26(33)27(28(29)34)24-12-22(42)11-19-5-3-4-6-23(19)24/h3-6,11-13,18,20-21,42H,7,9-10,14-17H2,1-2H3,(H2,36,43). The number of primary amides is 1. The number of rotatable bonds is 6. The van der Waals surface area contributed by atoms with Gasteiger partial charge in [0.05, 0.1) is 30.2 Å². The second-order valence-electron chi connectivity index (χ2n) is 11.8. The molecule has 12 heteroatoms. The summed E-state index contributed by atoms with van der Waals surface area (Å²) in [6, 6.07) is 13.2. The molecule has 10 nitrogen and oxygen atoms in total. The van der Waals surface area contributed by atoms with Gasteiger partial charge in [0.1, 0.15) is 17.1 Å². The smallest absolute Gasteiger partial charge is 0.319 e. The lowest BCUT2D eigenvalue weighted by Crippen LogP contribution is -2.56. The van der Waals surface area contributed by atoms with Crippen molar-refractivity contribution in [3.05, 3.63) is 53.3 Å². The zero-order chi connectivity index (χ0) is 31.1. The van der Waals surface area contributed by atoms with Gasteiger partial charge in [0.2, 0.25) is 0 Å². The van der Waals surface area contributed by atoms with Crippen LogP contribution in [0.2, 0.25) is 5.02 Å². The number of likely N-dealkylation sites (tertiary alicyclic amines) is 1. The van der Waals surface area contributed by atoms with E-state index in [0.29, 0.717) is 35.8 Å². The predicted molar refractivity (Wildman–Crippen MR) is 167 cm³/mol. The summed E-state index contributed by atoms with van der Waals surface area (Å²) in [5.74, 6) is 0.367. The molecule has 2 aliphatic rings. The number of nitrogens with two attached hydrogens (primary N) is 1. The third kappa shape index (κ3) is 5.51. The van der Waals surface area contributed by atoms with Gasteiger partial charge in [0.25, 0.3) is 0 Å². The average Bonchev–Trinajstić information content (AvgIpc) is 3.32. The summed E-state index contributed by atoms with van der Waals surface area (Å²) in [5, 5.41) is 21.9. The molecule has 0 radical (unpaired) electrons. The van der Waals surface area contributed by atoms with Crippen molar-refractivity contribution >= 4 is 45.1 Å². The van der Waals surface area contributed by atoms with E-state index in [2.05, 4.69) is 29.9 Å². The maximum Gasteiger partial charge on any atom is 0.319 e. The zero-order valence-corrected chi connectivity index (χ0v) is 25.3. The molecule has 1 aromatic heterocycles. The van der Waals surface area contributed by atoms with E-state index in [1.165, 1.54) is 11.0 Å². The van der Waals surface area contributed by atoms with E-state index in [9.17, 15) is 15.2 Å². The normalized spacial score (nSPS) is 20.8. The number of urea groups is 1. The number of fused-ring (bicyclic) bond motifs is 2. The van der Waals surface area contributed by atoms with Gasteiger partial charge in [0.15, 0.2) is 5.82 Å². The Labute approximate surface area is 259 Å². The number of anilines is 1. The summed E-state index contributed by atoms with van der Waals surface area (Å²) in [6.45, 7) is 5.22. The van der Waals surface area contributed by atoms with Gasteiger partial charge in [-0.15, -0.1) is 0 Å². The average molecular weight is 618 g/mol. The molecule has 0 aliphatic carbocycles. The van der Waals surface area contributed by atoms with E-state index < -0.39 is 17.9 Å². The number of carbonyl (C=O) groups excluding carboxylic acids is 1. The molecule has 3 heterocycles. The Hall–Kier alpha value is -4.40. The van der Waals surface area contributed by atoms with Crippen molar-refractivity contribution in [2.45, 2.75) is 19.4 Å². The van der Waals surface area contributed by atoms with E-state index >= 15 is 4.39 Å². The fourth-order valence-electron chi connectivity index (χ4n) is 6.53. The summed E-state index contributed by atoms with van der Waals surface area (Å²) in [6.07, 6.45) is 0.0722. The number of halogens is 2. The summed E-state index contributed by atoms with van der Waals surface area (Å²) in [5.41, 5.74) is 6.15. The van der Waals surface area contributed by atoms with Crippen LogP contribution in [0.1, 0.15) is 13.3 Å². The molecule has 2 amide bonds. The molecule has 3 aromatic carbocycles. The van der Waals surface area contributed by atoms with Crippen molar-refractivity contribution in [2.24, 2.45) is 17.6 Å². The molecule has 2 fully saturated rings. The number of phenols is 1. The van der Waals surface area contributed by atoms with E-state index in [0.717, 1.165) is 23.9 Å². The van der Waals surface area contributed by atoms with Crippen molar-refractivity contribution in [3.63, 3.8) is 0 Å². The monoisotopic (exact) mass is 617 g/mol. The molecule has 3 N–H and O–H groups in total. The van der Waals surface area contributed by atoms with E-state index in [1.54, 1.807) is 12.1 Å². The number of carbonyl (C=O) groups is 1. The van der Waals surface area contributed by atoms with Crippen molar-refractivity contribution in [1.82, 2.24) is 19.8 Å². The molecule has 4 aromatic rings. The molecule has 2 aliphatic heterocycles. The van der Waals surface area contributed by atoms with Crippen LogP contribution in [-0.2, 0) is 0 Å². The number of piperazine rings is 1. The second kappa shape index (κ2) is 11.9. The highest BCUT2D eigenvalue weighted by Gasteiger charge is 2.33. The molecular weight excluding hydrogens is 585 g/mol. The Balaban J connectivity index is 1.49. The minimum Gasteiger partial charge on any atom is -0.508 e. The third-order valence-electron chi connectivity index (χ3n) is 8.73. The summed E-state index contributed by atoms with van der Waals surface area (Å²) < 4.78 is 22.9. The van der Waals surface area contributed by atoms with Crippen LogP contribution in [0.15, 0.2) is 42.5 Å². The SMILES string of the molecule is CC1CN(C)CC1COc1nc(N2CCN(C(N)=O)C(CC#N)C2)c2cc(Cl)c(-c3cc(O)cc4ccccc34)c(F)c2n1. The zero-order valence-electron chi connectivity index (χ0n) is 24.5. The fourth-order valence-corrected chi connectivity index (χ4v) is 6.82. The number of nitrogens with zero attached hydrogens (tertiary/aromatic N) is 6. The van der Waals surface area contributed by atoms with Crippen LogP contribution < -0.4 is 15.4 Å². The number of aromatic nitrogens is 2. The van der Waals surface area contributed by atoms with Crippen LogP contribution in [-0.4, -0.2) is 83.3 Å². The Bertz CT molecular complexity index is 1800. The number of hydrogen-bond acceptors (Lipinski definition) is 8. The van der Waals surface area contributed by atoms with Crippen LogP contribution in [0, 0.1) is 29.0 Å². The number of amides is 2. The largest absolute Gasteiger partial charge is 0.508 e. The second-order valence-corrected chi connectivity index (χ2v) is 12.2. The molecule has 228 valence electrons. The number of benzene rings is 3. The number of aromatic hydroxyl groups is 1. The number of nitriles is 1. The first-order valence-corrected chi connectivity index (χ1v) is 14.9. The lowest BCUT2D eigenvalue weighted by atomic mass is 9.96. The van der Waals surface area contributed by atoms with Gasteiger partial charge in [-0.2, -0.15) is 15.2 Å². The van der Waals surface area contributed by atoms with Gasteiger partial charge in [-0.3, -0.25) is 0 Å². The van der Waals surface area contributed by atoms with Crippen molar-refractivity contribution in [1.29, 1.82) is 5.26 Å². The van der Waals surface area contributed by atoms with Crippen molar-refractivity contribution in [3.8, 4) is 29.0 Å². The van der Waals surface area contributed by atoms with Crippen LogP contribution >= 0.6 is 11.6 Å². The first kappa shape index (κ1) is 29.7. The van der Waals surface area contributed by atoms with Gasteiger partial charge in [-0.1, -0.05) is 42.8 Å². The maximum atomic E-state index is 16.8. The molecule has 3 atom stereocenters. The quantitative estimate of drug-likeness (QED) is 0.309. The lowest BCUT2D eigenvalue weighted by molar-refractivity contribution is 0.175. The van der Waals surface area contributed by atoms with E-state index in [-0.39, 0.29) is 53.3 Å². The molecule has 3 unspecified atom stereocenters. The Morgan fingerprint density at radius 2 is 1.98 bits per heavy atom. The predicted octanol–water partition coefficient (Wildman–Crippen LogP) is 5.01. The minimum atomic E-state index is -0.671. The van der Waals surface area contributed by atoms with E-state index in [1.807, 2.05) is 29.2 Å². The van der Waals surface area contributed by atoms with Gasteiger partial charge in [0, 0.05) is 49.6 Å². The summed E-state index contributed by atoms with van der Waals surface area (Å²) >= 11 is 6.82. The highest BCUT2D eigenvalue weighted by molar-refractivity contribution is 6.35. The van der Waals surface area contributed by atoms with Crippen LogP contribution in [0.25, 0.3) is 32.8 Å². The van der Waals surface area contributed by atoms with Crippen LogP contribution in [0.4, 0.5) is 15.0 Å². The van der Waals surface area contributed by atoms with Crippen LogP contribution in [0.3, 0.4) is 0 Å². The highest BCUT2D eigenvalue weighted by Crippen LogP contribution is 2.42. The molecule has 0 bridgehead atoms. The topological polar surface area (TPSA) is 132 Å². The molecule has 2 saturated heterocycles. The fraction of sp³-hybridized carbons (Fsp3) is 0.375. The summed E-state index contributed by atoms with van der Waals surface area (Å²) in [4.78, 5) is 27.0. The highest BCUT2D eigenvalue weighted by atomic mass is 35.5. The van der Waals surface area contributed by atoms with Gasteiger partial charge < -0.3 is 30.3 Å². The molecule has 44 heavy (non-hydrogen) atoms. The van der Waals surface area contributed by atoms with Gasteiger partial charge >= 0.3 is 12.0 Å². The number of hydrogen-bond donors (Lipinski definition) is 2. The Morgan fingerprint density at radius 1 is 1.18 bits per heavy atom. The molecular formula is C32H33ClFN7O3. The van der Waals surface area contributed by atoms with Crippen molar-refractivity contribution < 1.29 is 19.0 Å². The maximum absolute atomic E-state index is 16.8. The molecule has 6 rings (SSSR count). The molecule has 0 spiro atoms. The minimum absolute atomic E-state index is 0.0163. The summed E-state index contributed by atoms with van der Waals surface area (Å²) in [7, 11) is 2.07. The van der Waals surface area contributed by atoms with Gasteiger partial charge in [-0.25, -0.2) is 9.18 Å². The Morgan fingerprint density at radius 3 is 2.70 bits per heavy atom. The lowest BCUT2D eigenvalue weighted by Gasteiger charge is -2.40. The first-order chi connectivity index (χ1) is 21.1. The van der Waals surface area contributed by atoms with Crippen molar-refractivity contribution in [2.75, 3.05) is 51.3 Å². The van der Waals surface area contributed by atoms with E-state index in [4.69, 9.17) is 27.1 Å². The van der Waals surface area contributed by atoms with Gasteiger partial charge in [-0.05, 0) is 47.5 Å². The Kier molecular flexibility index (Phi) is 8.05. The first-order valence-electron chi connectivity index (χ1n) is 14.6. The third-order valence-corrected chi connectivity index (χ3v) is 9.03. The number of phenolic OH excluding ortho intramolecular Hbond substituents is 1. The van der Waals surface area contributed by atoms with Crippen LogP contribution in [0.5, 0.6) is 11.8 Å². The molecule has 0 saturated carbocycles.